The number of halogens is 2. The Balaban J connectivity index is 1.68. The Hall–Kier alpha value is -1.44. The summed E-state index contributed by atoms with van der Waals surface area (Å²) in [6, 6.07) is 5.24. The van der Waals surface area contributed by atoms with Crippen LogP contribution in [0.3, 0.4) is 0 Å². The molecule has 152 valence electrons. The summed E-state index contributed by atoms with van der Waals surface area (Å²) in [5, 5.41) is 3.51. The summed E-state index contributed by atoms with van der Waals surface area (Å²) in [6.45, 7) is 1.90. The lowest BCUT2D eigenvalue weighted by Gasteiger charge is -2.48. The molecule has 0 bridgehead atoms. The first-order valence-electron chi connectivity index (χ1n) is 9.79. The number of hydrogen-bond donors (Lipinski definition) is 1. The Morgan fingerprint density at radius 3 is 2.59 bits per heavy atom. The third kappa shape index (κ3) is 5.09. The molecule has 1 saturated heterocycles. The topological polar surface area (TPSA) is 43.0 Å². The van der Waals surface area contributed by atoms with Crippen LogP contribution in [0.25, 0.3) is 0 Å². The smallest absolute Gasteiger partial charge is 0.387 e. The summed E-state index contributed by atoms with van der Waals surface area (Å²) in [7, 11) is 1.46. The monoisotopic (exact) mass is 384 g/mol. The number of hydrogen-bond acceptors (Lipinski definition) is 5. The number of para-hydroxylation sites is 1. The molecule has 1 saturated carbocycles. The molecular formula is C20H30F2N2O3. The van der Waals surface area contributed by atoms with Crippen LogP contribution in [0, 0.1) is 0 Å². The van der Waals surface area contributed by atoms with Crippen molar-refractivity contribution in [1.29, 1.82) is 0 Å². The van der Waals surface area contributed by atoms with Crippen LogP contribution in [0.15, 0.2) is 18.2 Å². The van der Waals surface area contributed by atoms with E-state index in [1.165, 1.54) is 39.2 Å². The Morgan fingerprint density at radius 2 is 1.93 bits per heavy atom. The molecule has 1 N–H and O–H groups in total. The van der Waals surface area contributed by atoms with Gasteiger partial charge in [0.25, 0.3) is 0 Å². The third-order valence-corrected chi connectivity index (χ3v) is 5.72. The van der Waals surface area contributed by atoms with Crippen LogP contribution in [0.4, 0.5) is 8.78 Å². The van der Waals surface area contributed by atoms with Crippen LogP contribution in [0.1, 0.15) is 37.7 Å². The maximum Gasteiger partial charge on any atom is 0.387 e. The summed E-state index contributed by atoms with van der Waals surface area (Å²) in [4.78, 5) is 2.56. The number of morpholine rings is 1. The van der Waals surface area contributed by atoms with Gasteiger partial charge in [0.1, 0.15) is 0 Å². The molecule has 2 aliphatic rings. The van der Waals surface area contributed by atoms with Crippen molar-refractivity contribution >= 4 is 0 Å². The Labute approximate surface area is 160 Å². The van der Waals surface area contributed by atoms with E-state index in [-0.39, 0.29) is 11.3 Å². The molecule has 1 heterocycles. The van der Waals surface area contributed by atoms with Crippen molar-refractivity contribution < 1.29 is 23.0 Å². The van der Waals surface area contributed by atoms with E-state index >= 15 is 0 Å². The maximum atomic E-state index is 12.8. The molecular weight excluding hydrogens is 354 g/mol. The number of alkyl halides is 2. The minimum absolute atomic E-state index is 0.117. The van der Waals surface area contributed by atoms with E-state index in [4.69, 9.17) is 14.2 Å². The fourth-order valence-corrected chi connectivity index (χ4v) is 4.37. The molecule has 0 unspecified atom stereocenters. The van der Waals surface area contributed by atoms with Crippen molar-refractivity contribution in [1.82, 2.24) is 10.2 Å². The third-order valence-electron chi connectivity index (χ3n) is 5.72. The second kappa shape index (κ2) is 9.66. The van der Waals surface area contributed by atoms with E-state index in [0.717, 1.165) is 32.8 Å². The van der Waals surface area contributed by atoms with Gasteiger partial charge in [-0.15, -0.1) is 0 Å². The maximum absolute atomic E-state index is 12.8. The van der Waals surface area contributed by atoms with Crippen LogP contribution in [-0.4, -0.2) is 57.0 Å². The van der Waals surface area contributed by atoms with E-state index in [9.17, 15) is 8.78 Å². The van der Waals surface area contributed by atoms with E-state index in [1.807, 2.05) is 0 Å². The van der Waals surface area contributed by atoms with Gasteiger partial charge in [-0.2, -0.15) is 8.78 Å². The molecule has 0 spiro atoms. The van der Waals surface area contributed by atoms with Gasteiger partial charge in [0.05, 0.1) is 20.3 Å². The highest BCUT2D eigenvalue weighted by Gasteiger charge is 2.38. The highest BCUT2D eigenvalue weighted by atomic mass is 19.3. The predicted octanol–water partition coefficient (Wildman–Crippen LogP) is 3.42. The van der Waals surface area contributed by atoms with Crippen molar-refractivity contribution in [3.8, 4) is 11.5 Å². The first-order valence-corrected chi connectivity index (χ1v) is 9.79. The lowest BCUT2D eigenvalue weighted by Crippen LogP contribution is -2.59. The van der Waals surface area contributed by atoms with Gasteiger partial charge < -0.3 is 19.5 Å². The van der Waals surface area contributed by atoms with Crippen molar-refractivity contribution in [3.63, 3.8) is 0 Å². The SMILES string of the molecule is COc1cccc(CNCC2(N3CCOCC3)CCCCC2)c1OC(F)F. The predicted molar refractivity (Wildman–Crippen MR) is 99.5 cm³/mol. The van der Waals surface area contributed by atoms with E-state index < -0.39 is 6.61 Å². The zero-order valence-electron chi connectivity index (χ0n) is 16.0. The highest BCUT2D eigenvalue weighted by Crippen LogP contribution is 2.35. The van der Waals surface area contributed by atoms with E-state index in [2.05, 4.69) is 10.2 Å². The Kier molecular flexibility index (Phi) is 7.26. The van der Waals surface area contributed by atoms with Gasteiger partial charge >= 0.3 is 6.61 Å². The molecule has 1 aliphatic carbocycles. The second-order valence-electron chi connectivity index (χ2n) is 7.32. The fourth-order valence-electron chi connectivity index (χ4n) is 4.37. The lowest BCUT2D eigenvalue weighted by atomic mass is 9.79. The van der Waals surface area contributed by atoms with Gasteiger partial charge in [0.15, 0.2) is 11.5 Å². The molecule has 7 heteroatoms. The van der Waals surface area contributed by atoms with Crippen LogP contribution in [0.5, 0.6) is 11.5 Å². The summed E-state index contributed by atoms with van der Waals surface area (Å²) >= 11 is 0. The first kappa shape index (κ1) is 20.3. The van der Waals surface area contributed by atoms with Crippen LogP contribution < -0.4 is 14.8 Å². The van der Waals surface area contributed by atoms with Crippen LogP contribution in [0.2, 0.25) is 0 Å². The number of nitrogens with zero attached hydrogens (tertiary/aromatic N) is 1. The normalized spacial score (nSPS) is 20.6. The van der Waals surface area contributed by atoms with Gasteiger partial charge in [0, 0.05) is 37.3 Å². The zero-order chi connectivity index (χ0) is 19.1. The van der Waals surface area contributed by atoms with Gasteiger partial charge in [-0.05, 0) is 18.9 Å². The van der Waals surface area contributed by atoms with Crippen molar-refractivity contribution in [3.05, 3.63) is 23.8 Å². The van der Waals surface area contributed by atoms with Crippen LogP contribution in [-0.2, 0) is 11.3 Å². The van der Waals surface area contributed by atoms with Gasteiger partial charge in [-0.1, -0.05) is 31.4 Å². The van der Waals surface area contributed by atoms with Crippen molar-refractivity contribution in [2.75, 3.05) is 40.0 Å². The molecule has 3 rings (SSSR count). The van der Waals surface area contributed by atoms with Gasteiger partial charge in [-0.3, -0.25) is 4.90 Å². The van der Waals surface area contributed by atoms with Gasteiger partial charge in [-0.25, -0.2) is 0 Å². The quantitative estimate of drug-likeness (QED) is 0.744. The fraction of sp³-hybridized carbons (Fsp3) is 0.700. The molecule has 1 aliphatic heterocycles. The second-order valence-corrected chi connectivity index (χ2v) is 7.32. The summed E-state index contributed by atoms with van der Waals surface area (Å²) in [5.74, 6) is 0.446. The largest absolute Gasteiger partial charge is 0.493 e. The Bertz CT molecular complexity index is 589. The average molecular weight is 384 g/mol. The highest BCUT2D eigenvalue weighted by molar-refractivity contribution is 5.46. The molecule has 0 radical (unpaired) electrons. The molecule has 2 fully saturated rings. The van der Waals surface area contributed by atoms with Gasteiger partial charge in [0.2, 0.25) is 0 Å². The molecule has 1 aromatic carbocycles. The summed E-state index contributed by atoms with van der Waals surface area (Å²) in [5.41, 5.74) is 0.813. The number of benzene rings is 1. The minimum Gasteiger partial charge on any atom is -0.493 e. The molecule has 27 heavy (non-hydrogen) atoms. The zero-order valence-corrected chi connectivity index (χ0v) is 16.0. The first-order chi connectivity index (χ1) is 13.1. The lowest BCUT2D eigenvalue weighted by molar-refractivity contribution is -0.0520. The number of nitrogens with one attached hydrogen (secondary N) is 1. The molecule has 1 aromatic rings. The molecule has 0 amide bonds. The minimum atomic E-state index is -2.88. The number of ether oxygens (including phenoxy) is 3. The number of methoxy groups -OCH3 is 1. The number of rotatable bonds is 8. The van der Waals surface area contributed by atoms with Crippen molar-refractivity contribution in [2.45, 2.75) is 50.8 Å². The summed E-state index contributed by atoms with van der Waals surface area (Å²) in [6.07, 6.45) is 6.08. The Morgan fingerprint density at radius 1 is 1.19 bits per heavy atom. The molecule has 0 aromatic heterocycles. The van der Waals surface area contributed by atoms with Crippen molar-refractivity contribution in [2.24, 2.45) is 0 Å². The van der Waals surface area contributed by atoms with E-state index in [0.29, 0.717) is 17.9 Å². The average Bonchev–Trinajstić information content (AvgIpc) is 2.70. The van der Waals surface area contributed by atoms with Crippen LogP contribution >= 0.6 is 0 Å². The molecule has 0 atom stereocenters. The summed E-state index contributed by atoms with van der Waals surface area (Å²) < 4.78 is 41.1. The molecule has 5 nitrogen and oxygen atoms in total. The van der Waals surface area contributed by atoms with E-state index in [1.54, 1.807) is 18.2 Å². The standard InChI is InChI=1S/C20H30F2N2O3/c1-25-17-7-5-6-16(18(17)27-19(21)22)14-23-15-20(8-3-2-4-9-20)24-10-12-26-13-11-24/h5-7,19,23H,2-4,8-15H2,1H3.